The normalized spacial score (nSPS) is 19.0. The van der Waals surface area contributed by atoms with Gasteiger partial charge in [-0.15, -0.1) is 0 Å². The molecule has 9 heteroatoms. The molecule has 41 heavy (non-hydrogen) atoms. The highest BCUT2D eigenvalue weighted by Gasteiger charge is 2.38. The van der Waals surface area contributed by atoms with Crippen molar-refractivity contribution in [2.45, 2.75) is 55.8 Å². The molecule has 6 rings (SSSR count). The van der Waals surface area contributed by atoms with Gasteiger partial charge in [-0.25, -0.2) is 8.42 Å². The standard InChI is InChI=1S/C32H36N4O4S/c1-33-21-22-5-6-24-17-27(10-7-23(24)16-22)34-32(37)20-31-30-4-3-13-35(30)14-15-36(31)41(38,39)29-12-9-25-18-28(40-2)11-8-26(25)19-29/h3-6,8-9,11-13,16,18-19,27,31,33H,7,10,14-15,17,20-21H2,1-2H3,(H,34,37). The zero-order valence-electron chi connectivity index (χ0n) is 23.5. The van der Waals surface area contributed by atoms with Crippen LogP contribution in [0.1, 0.15) is 41.3 Å². The number of carbonyl (C=O) groups is 1. The summed E-state index contributed by atoms with van der Waals surface area (Å²) in [4.78, 5) is 13.7. The van der Waals surface area contributed by atoms with Crippen LogP contribution in [-0.4, -0.2) is 49.9 Å². The maximum atomic E-state index is 14.0. The third kappa shape index (κ3) is 5.49. The van der Waals surface area contributed by atoms with Gasteiger partial charge < -0.3 is 19.9 Å². The summed E-state index contributed by atoms with van der Waals surface area (Å²) in [5, 5.41) is 8.14. The Morgan fingerprint density at radius 2 is 1.83 bits per heavy atom. The number of fused-ring (bicyclic) bond motifs is 3. The van der Waals surface area contributed by atoms with Crippen LogP contribution in [0.2, 0.25) is 0 Å². The van der Waals surface area contributed by atoms with E-state index in [1.54, 1.807) is 19.2 Å². The Balaban J connectivity index is 1.21. The van der Waals surface area contributed by atoms with Crippen LogP contribution in [-0.2, 0) is 40.7 Å². The fourth-order valence-electron chi connectivity index (χ4n) is 6.27. The summed E-state index contributed by atoms with van der Waals surface area (Å²) in [5.74, 6) is 0.590. The second-order valence-electron chi connectivity index (χ2n) is 11.0. The number of aryl methyl sites for hydroxylation is 1. The molecule has 3 aromatic carbocycles. The molecule has 2 N–H and O–H groups in total. The molecule has 2 unspecified atom stereocenters. The van der Waals surface area contributed by atoms with Gasteiger partial charge >= 0.3 is 0 Å². The van der Waals surface area contributed by atoms with E-state index in [1.807, 2.05) is 49.6 Å². The average Bonchev–Trinajstić information content (AvgIpc) is 3.46. The van der Waals surface area contributed by atoms with Crippen molar-refractivity contribution < 1.29 is 17.9 Å². The number of carbonyl (C=O) groups excluding carboxylic acids is 1. The van der Waals surface area contributed by atoms with Crippen molar-refractivity contribution in [3.05, 3.63) is 95.3 Å². The molecule has 214 valence electrons. The lowest BCUT2D eigenvalue weighted by Gasteiger charge is -2.36. The summed E-state index contributed by atoms with van der Waals surface area (Å²) in [6.45, 7) is 1.68. The van der Waals surface area contributed by atoms with E-state index in [2.05, 4.69) is 33.4 Å². The molecule has 1 aromatic heterocycles. The number of hydrogen-bond acceptors (Lipinski definition) is 5. The van der Waals surface area contributed by atoms with E-state index >= 15 is 0 Å². The third-order valence-corrected chi connectivity index (χ3v) is 10.3. The number of benzene rings is 3. The Morgan fingerprint density at radius 1 is 1.00 bits per heavy atom. The van der Waals surface area contributed by atoms with Gasteiger partial charge in [0, 0.05) is 44.0 Å². The number of sulfonamides is 1. The number of rotatable bonds is 8. The molecule has 2 atom stereocenters. The van der Waals surface area contributed by atoms with E-state index in [9.17, 15) is 13.2 Å². The summed E-state index contributed by atoms with van der Waals surface area (Å²) < 4.78 is 36.9. The van der Waals surface area contributed by atoms with Gasteiger partial charge in [-0.1, -0.05) is 30.3 Å². The van der Waals surface area contributed by atoms with E-state index in [4.69, 9.17) is 4.74 Å². The van der Waals surface area contributed by atoms with Crippen LogP contribution in [0.4, 0.5) is 0 Å². The van der Waals surface area contributed by atoms with Gasteiger partial charge in [-0.3, -0.25) is 4.79 Å². The van der Waals surface area contributed by atoms with Gasteiger partial charge in [-0.05, 0) is 90.2 Å². The van der Waals surface area contributed by atoms with Crippen LogP contribution in [0.3, 0.4) is 0 Å². The van der Waals surface area contributed by atoms with E-state index < -0.39 is 16.1 Å². The van der Waals surface area contributed by atoms with Crippen molar-refractivity contribution in [3.63, 3.8) is 0 Å². The predicted octanol–water partition coefficient (Wildman–Crippen LogP) is 4.18. The summed E-state index contributed by atoms with van der Waals surface area (Å²) in [6.07, 6.45) is 4.59. The van der Waals surface area contributed by atoms with Gasteiger partial charge in [-0.2, -0.15) is 4.31 Å². The Hall–Kier alpha value is -3.66. The SMILES string of the molecule is CNCc1ccc2c(c1)CCC(NC(=O)CC1c3cccn3CCN1S(=O)(=O)c1ccc3cc(OC)ccc3c1)C2. The molecule has 2 aliphatic rings. The maximum absolute atomic E-state index is 14.0. The molecule has 4 aromatic rings. The fraction of sp³-hybridized carbons (Fsp3) is 0.344. The van der Waals surface area contributed by atoms with Crippen molar-refractivity contribution in [1.29, 1.82) is 0 Å². The van der Waals surface area contributed by atoms with E-state index in [0.29, 0.717) is 13.1 Å². The molecule has 0 fully saturated rings. The average molecular weight is 573 g/mol. The van der Waals surface area contributed by atoms with Gasteiger partial charge in [0.1, 0.15) is 5.75 Å². The molecular weight excluding hydrogens is 536 g/mol. The lowest BCUT2D eigenvalue weighted by Crippen LogP contribution is -2.45. The Kier molecular flexibility index (Phi) is 7.59. The molecule has 1 amide bonds. The molecule has 8 nitrogen and oxygen atoms in total. The second kappa shape index (κ2) is 11.3. The van der Waals surface area contributed by atoms with Crippen LogP contribution >= 0.6 is 0 Å². The van der Waals surface area contributed by atoms with Crippen LogP contribution in [0.25, 0.3) is 10.8 Å². The summed E-state index contributed by atoms with van der Waals surface area (Å²) in [6, 6.07) is 20.6. The number of aromatic nitrogens is 1. The number of nitrogens with one attached hydrogen (secondary N) is 2. The summed E-state index contributed by atoms with van der Waals surface area (Å²) >= 11 is 0. The van der Waals surface area contributed by atoms with E-state index in [-0.39, 0.29) is 23.3 Å². The highest BCUT2D eigenvalue weighted by molar-refractivity contribution is 7.89. The van der Waals surface area contributed by atoms with Crippen LogP contribution in [0.5, 0.6) is 5.75 Å². The monoisotopic (exact) mass is 572 g/mol. The minimum Gasteiger partial charge on any atom is -0.497 e. The van der Waals surface area contributed by atoms with Crippen molar-refractivity contribution in [2.24, 2.45) is 0 Å². The largest absolute Gasteiger partial charge is 0.497 e. The van der Waals surface area contributed by atoms with Crippen molar-refractivity contribution in [2.75, 3.05) is 20.7 Å². The molecule has 1 aliphatic heterocycles. The minimum absolute atomic E-state index is 0.0306. The van der Waals surface area contributed by atoms with Gasteiger partial charge in [0.05, 0.1) is 18.0 Å². The second-order valence-corrected chi connectivity index (χ2v) is 12.9. The van der Waals surface area contributed by atoms with Crippen molar-refractivity contribution in [3.8, 4) is 5.75 Å². The van der Waals surface area contributed by atoms with Gasteiger partial charge in [0.15, 0.2) is 0 Å². The molecule has 0 radical (unpaired) electrons. The van der Waals surface area contributed by atoms with E-state index in [1.165, 1.54) is 21.0 Å². The Labute approximate surface area is 241 Å². The number of hydrogen-bond donors (Lipinski definition) is 2. The number of methoxy groups -OCH3 is 1. The van der Waals surface area contributed by atoms with Gasteiger partial charge in [0.25, 0.3) is 0 Å². The molecule has 0 saturated heterocycles. The fourth-order valence-corrected chi connectivity index (χ4v) is 7.90. The number of ether oxygens (including phenoxy) is 1. The van der Waals surface area contributed by atoms with Crippen molar-refractivity contribution >= 4 is 26.7 Å². The Morgan fingerprint density at radius 3 is 2.66 bits per heavy atom. The summed E-state index contributed by atoms with van der Waals surface area (Å²) in [7, 11) is -0.311. The molecule has 0 spiro atoms. The van der Waals surface area contributed by atoms with Gasteiger partial charge in [0.2, 0.25) is 15.9 Å². The summed E-state index contributed by atoms with van der Waals surface area (Å²) in [5.41, 5.74) is 4.72. The molecule has 2 heterocycles. The third-order valence-electron chi connectivity index (χ3n) is 8.36. The van der Waals surface area contributed by atoms with Crippen molar-refractivity contribution in [1.82, 2.24) is 19.5 Å². The number of nitrogens with zero attached hydrogens (tertiary/aromatic N) is 2. The highest BCUT2D eigenvalue weighted by atomic mass is 32.2. The maximum Gasteiger partial charge on any atom is 0.243 e. The highest BCUT2D eigenvalue weighted by Crippen LogP contribution is 2.35. The zero-order valence-corrected chi connectivity index (χ0v) is 24.3. The first-order valence-corrected chi connectivity index (χ1v) is 15.6. The topological polar surface area (TPSA) is 92.7 Å². The lowest BCUT2D eigenvalue weighted by molar-refractivity contribution is -0.123. The lowest BCUT2D eigenvalue weighted by atomic mass is 9.87. The quantitative estimate of drug-likeness (QED) is 0.331. The minimum atomic E-state index is -3.86. The zero-order chi connectivity index (χ0) is 28.6. The first-order valence-electron chi connectivity index (χ1n) is 14.1. The first-order chi connectivity index (χ1) is 19.9. The molecule has 0 saturated carbocycles. The van der Waals surface area contributed by atoms with E-state index in [0.717, 1.165) is 48.0 Å². The predicted molar refractivity (Wildman–Crippen MR) is 159 cm³/mol. The first kappa shape index (κ1) is 27.5. The number of amides is 1. The van der Waals surface area contributed by atoms with Crippen LogP contribution in [0.15, 0.2) is 77.8 Å². The molecule has 0 bridgehead atoms. The smallest absolute Gasteiger partial charge is 0.243 e. The Bertz CT molecular complexity index is 1700. The molecular formula is C32H36N4O4S. The van der Waals surface area contributed by atoms with Crippen LogP contribution < -0.4 is 15.4 Å². The molecule has 1 aliphatic carbocycles. The van der Waals surface area contributed by atoms with Crippen LogP contribution in [0, 0.1) is 0 Å².